The van der Waals surface area contributed by atoms with Gasteiger partial charge in [0, 0.05) is 31.1 Å². The van der Waals surface area contributed by atoms with Crippen LogP contribution in [0, 0.1) is 0 Å². The third-order valence-electron chi connectivity index (χ3n) is 5.07. The first-order chi connectivity index (χ1) is 11.3. The van der Waals surface area contributed by atoms with Crippen LogP contribution in [0.4, 0.5) is 0 Å². The first-order valence-electron chi connectivity index (χ1n) is 8.66. The Morgan fingerprint density at radius 2 is 2.00 bits per heavy atom. The third kappa shape index (κ3) is 2.83. The fourth-order valence-electron chi connectivity index (χ4n) is 3.79. The van der Waals surface area contributed by atoms with Crippen molar-refractivity contribution in [1.82, 2.24) is 9.88 Å². The molecular weight excluding hydrogens is 286 g/mol. The summed E-state index contributed by atoms with van der Waals surface area (Å²) in [6, 6.07) is 9.91. The van der Waals surface area contributed by atoms with Crippen LogP contribution >= 0.6 is 0 Å². The molecule has 0 amide bonds. The summed E-state index contributed by atoms with van der Waals surface area (Å²) < 4.78 is 0. The third-order valence-corrected chi connectivity index (χ3v) is 5.07. The molecule has 4 nitrogen and oxygen atoms in total. The van der Waals surface area contributed by atoms with Crippen LogP contribution in [-0.2, 0) is 0 Å². The summed E-state index contributed by atoms with van der Waals surface area (Å²) in [5, 5.41) is 12.0. The lowest BCUT2D eigenvalue weighted by molar-refractivity contribution is 0.134. The molecule has 1 fully saturated rings. The number of aromatic nitrogens is 1. The number of hydrogen-bond donors (Lipinski definition) is 1. The lowest BCUT2D eigenvalue weighted by Gasteiger charge is -2.33. The van der Waals surface area contributed by atoms with Crippen LogP contribution < -0.4 is 0 Å². The standard InChI is InChI=1S/C19H23N3O/c23-19(15-9-11-20-16-7-4-3-6-14(15)16)17-10-13-22-12-5-1-2-8-18(22)21-17/h3-4,6-7,9,11,17,19,23H,1-2,5,8,10,12-13H2/t17?,19-/m0/s1. The van der Waals surface area contributed by atoms with Crippen molar-refractivity contribution in [1.29, 1.82) is 0 Å². The molecule has 1 aromatic carbocycles. The maximum absolute atomic E-state index is 11.0. The van der Waals surface area contributed by atoms with E-state index in [1.807, 2.05) is 30.3 Å². The minimum absolute atomic E-state index is 0.0369. The van der Waals surface area contributed by atoms with Crippen LogP contribution in [0.15, 0.2) is 41.5 Å². The molecule has 120 valence electrons. The van der Waals surface area contributed by atoms with Crippen molar-refractivity contribution in [3.63, 3.8) is 0 Å². The molecule has 1 unspecified atom stereocenters. The molecule has 2 aliphatic heterocycles. The molecule has 2 aliphatic rings. The summed E-state index contributed by atoms with van der Waals surface area (Å²) in [4.78, 5) is 11.7. The highest BCUT2D eigenvalue weighted by molar-refractivity contribution is 5.84. The second-order valence-corrected chi connectivity index (χ2v) is 6.56. The normalized spacial score (nSPS) is 23.1. The first kappa shape index (κ1) is 14.6. The number of aliphatic hydroxyl groups excluding tert-OH is 1. The van der Waals surface area contributed by atoms with Gasteiger partial charge in [-0.15, -0.1) is 0 Å². The molecule has 4 rings (SSSR count). The van der Waals surface area contributed by atoms with Crippen LogP contribution in [0.3, 0.4) is 0 Å². The van der Waals surface area contributed by atoms with Gasteiger partial charge in [0.15, 0.2) is 0 Å². The number of benzene rings is 1. The van der Waals surface area contributed by atoms with E-state index in [0.717, 1.165) is 42.4 Å². The summed E-state index contributed by atoms with van der Waals surface area (Å²) in [5.41, 5.74) is 1.88. The molecule has 0 spiro atoms. The Balaban J connectivity index is 1.66. The number of nitrogens with zero attached hydrogens (tertiary/aromatic N) is 3. The smallest absolute Gasteiger partial charge is 0.102 e. The minimum atomic E-state index is -0.555. The lowest BCUT2D eigenvalue weighted by Crippen LogP contribution is -2.39. The van der Waals surface area contributed by atoms with E-state index in [1.165, 1.54) is 25.1 Å². The maximum Gasteiger partial charge on any atom is 0.102 e. The van der Waals surface area contributed by atoms with Crippen molar-refractivity contribution in [3.05, 3.63) is 42.1 Å². The molecule has 4 heteroatoms. The predicted molar refractivity (Wildman–Crippen MR) is 92.6 cm³/mol. The molecule has 2 atom stereocenters. The highest BCUT2D eigenvalue weighted by atomic mass is 16.3. The van der Waals surface area contributed by atoms with Crippen molar-refractivity contribution in [2.24, 2.45) is 4.99 Å². The number of pyridine rings is 1. The Morgan fingerprint density at radius 1 is 1.09 bits per heavy atom. The summed E-state index contributed by atoms with van der Waals surface area (Å²) in [6.07, 6.45) is 6.98. The van der Waals surface area contributed by atoms with Gasteiger partial charge in [-0.3, -0.25) is 9.98 Å². The zero-order valence-electron chi connectivity index (χ0n) is 13.4. The molecular formula is C19H23N3O. The van der Waals surface area contributed by atoms with Gasteiger partial charge < -0.3 is 10.0 Å². The van der Waals surface area contributed by atoms with Gasteiger partial charge in [0.2, 0.25) is 0 Å². The fourth-order valence-corrected chi connectivity index (χ4v) is 3.79. The van der Waals surface area contributed by atoms with Crippen LogP contribution in [0.1, 0.15) is 43.8 Å². The van der Waals surface area contributed by atoms with Gasteiger partial charge in [0.05, 0.1) is 17.4 Å². The van der Waals surface area contributed by atoms with Crippen LogP contribution in [-0.4, -0.2) is 40.0 Å². The second kappa shape index (κ2) is 6.28. The predicted octanol–water partition coefficient (Wildman–Crippen LogP) is 3.32. The van der Waals surface area contributed by atoms with E-state index in [2.05, 4.69) is 9.88 Å². The van der Waals surface area contributed by atoms with Gasteiger partial charge >= 0.3 is 0 Å². The summed E-state index contributed by atoms with van der Waals surface area (Å²) >= 11 is 0. The molecule has 2 aromatic rings. The van der Waals surface area contributed by atoms with Gasteiger partial charge in [-0.2, -0.15) is 0 Å². The van der Waals surface area contributed by atoms with Gasteiger partial charge in [-0.25, -0.2) is 0 Å². The summed E-state index contributed by atoms with van der Waals surface area (Å²) in [7, 11) is 0. The van der Waals surface area contributed by atoms with Crippen molar-refractivity contribution >= 4 is 16.7 Å². The number of para-hydroxylation sites is 1. The second-order valence-electron chi connectivity index (χ2n) is 6.56. The molecule has 23 heavy (non-hydrogen) atoms. The minimum Gasteiger partial charge on any atom is -0.386 e. The van der Waals surface area contributed by atoms with E-state index >= 15 is 0 Å². The molecule has 1 saturated heterocycles. The van der Waals surface area contributed by atoms with Gasteiger partial charge in [0.1, 0.15) is 6.10 Å². The Morgan fingerprint density at radius 3 is 2.96 bits per heavy atom. The van der Waals surface area contributed by atoms with E-state index < -0.39 is 6.10 Å². The van der Waals surface area contributed by atoms with Crippen LogP contribution in [0.5, 0.6) is 0 Å². The summed E-state index contributed by atoms with van der Waals surface area (Å²) in [5.74, 6) is 1.20. The Kier molecular flexibility index (Phi) is 4.00. The Bertz CT molecular complexity index is 722. The average Bonchev–Trinajstić information content (AvgIpc) is 2.85. The van der Waals surface area contributed by atoms with Gasteiger partial charge in [-0.1, -0.05) is 24.6 Å². The number of fused-ring (bicyclic) bond motifs is 2. The molecule has 0 radical (unpaired) electrons. The van der Waals surface area contributed by atoms with Gasteiger partial charge in [0.25, 0.3) is 0 Å². The number of amidine groups is 1. The van der Waals surface area contributed by atoms with Crippen molar-refractivity contribution in [3.8, 4) is 0 Å². The maximum atomic E-state index is 11.0. The molecule has 0 saturated carbocycles. The summed E-state index contributed by atoms with van der Waals surface area (Å²) in [6.45, 7) is 2.14. The zero-order chi connectivity index (χ0) is 15.6. The van der Waals surface area contributed by atoms with Crippen molar-refractivity contribution in [2.45, 2.75) is 44.2 Å². The molecule has 0 aliphatic carbocycles. The largest absolute Gasteiger partial charge is 0.386 e. The number of rotatable bonds is 2. The molecule has 1 aromatic heterocycles. The van der Waals surface area contributed by atoms with Crippen molar-refractivity contribution < 1.29 is 5.11 Å². The van der Waals surface area contributed by atoms with Crippen molar-refractivity contribution in [2.75, 3.05) is 13.1 Å². The van der Waals surface area contributed by atoms with Crippen LogP contribution in [0.2, 0.25) is 0 Å². The van der Waals surface area contributed by atoms with E-state index in [0.29, 0.717) is 0 Å². The number of aliphatic hydroxyl groups is 1. The van der Waals surface area contributed by atoms with E-state index in [9.17, 15) is 5.11 Å². The quantitative estimate of drug-likeness (QED) is 0.926. The first-order valence-corrected chi connectivity index (χ1v) is 8.66. The fraction of sp³-hybridized carbons (Fsp3) is 0.474. The number of hydrogen-bond acceptors (Lipinski definition) is 4. The van der Waals surface area contributed by atoms with Crippen LogP contribution in [0.25, 0.3) is 10.9 Å². The van der Waals surface area contributed by atoms with E-state index in [1.54, 1.807) is 6.20 Å². The number of aliphatic imine (C=N–C) groups is 1. The molecule has 3 heterocycles. The van der Waals surface area contributed by atoms with E-state index in [4.69, 9.17) is 4.99 Å². The topological polar surface area (TPSA) is 48.7 Å². The highest BCUT2D eigenvalue weighted by Gasteiger charge is 2.28. The monoisotopic (exact) mass is 309 g/mol. The Hall–Kier alpha value is -1.94. The molecule has 0 bridgehead atoms. The SMILES string of the molecule is O[C@@H](c1ccnc2ccccc12)C1CCN2CCCCCC2=N1. The molecule has 1 N–H and O–H groups in total. The lowest BCUT2D eigenvalue weighted by atomic mass is 9.96. The average molecular weight is 309 g/mol. The van der Waals surface area contributed by atoms with E-state index in [-0.39, 0.29) is 6.04 Å². The Labute approximate surface area is 136 Å². The highest BCUT2D eigenvalue weighted by Crippen LogP contribution is 2.30. The zero-order valence-corrected chi connectivity index (χ0v) is 13.4. The van der Waals surface area contributed by atoms with Gasteiger partial charge in [-0.05, 0) is 37.0 Å².